The Balaban J connectivity index is 1.90. The number of hydrogen-bond acceptors (Lipinski definition) is 6. The highest BCUT2D eigenvalue weighted by atomic mass is 16.5. The van der Waals surface area contributed by atoms with Gasteiger partial charge in [0.1, 0.15) is 0 Å². The van der Waals surface area contributed by atoms with Crippen LogP contribution >= 0.6 is 0 Å². The summed E-state index contributed by atoms with van der Waals surface area (Å²) in [5.41, 5.74) is 0.486. The predicted molar refractivity (Wildman–Crippen MR) is 112 cm³/mol. The van der Waals surface area contributed by atoms with Crippen molar-refractivity contribution >= 4 is 17.6 Å². The first-order valence-corrected chi connectivity index (χ1v) is 10.00. The van der Waals surface area contributed by atoms with Crippen LogP contribution in [-0.4, -0.2) is 64.0 Å². The summed E-state index contributed by atoms with van der Waals surface area (Å²) in [6, 6.07) is 7.21. The Kier molecular flexibility index (Phi) is 6.43. The van der Waals surface area contributed by atoms with Gasteiger partial charge in [-0.15, -0.1) is 0 Å². The number of carbonyl (C=O) groups excluding carboxylic acids is 2. The van der Waals surface area contributed by atoms with E-state index in [1.54, 1.807) is 43.0 Å². The summed E-state index contributed by atoms with van der Waals surface area (Å²) < 4.78 is 6.69. The van der Waals surface area contributed by atoms with E-state index in [2.05, 4.69) is 22.3 Å². The Labute approximate surface area is 175 Å². The molecule has 0 saturated carbocycles. The third-order valence-electron chi connectivity index (χ3n) is 4.78. The number of esters is 1. The molecule has 2 heterocycles. The zero-order valence-corrected chi connectivity index (χ0v) is 17.4. The standard InChI is InChI=1S/C22H26N4O4/c1-4-12-23-18-15-26(24-19(18)20(27)30-5-2)17-8-6-7-16(14-17)9-10-22(29)11-13-25(3)21(22)28/h6-8,14-15,23,29H,4-5,11-13H2,1-3H3/t22-/m0/s1. The van der Waals surface area contributed by atoms with E-state index < -0.39 is 11.6 Å². The molecule has 0 aliphatic carbocycles. The van der Waals surface area contributed by atoms with Crippen molar-refractivity contribution in [1.29, 1.82) is 0 Å². The Morgan fingerprint density at radius 1 is 1.40 bits per heavy atom. The molecule has 2 N–H and O–H groups in total. The van der Waals surface area contributed by atoms with Crippen molar-refractivity contribution < 1.29 is 19.4 Å². The summed E-state index contributed by atoms with van der Waals surface area (Å²) >= 11 is 0. The number of nitrogens with one attached hydrogen (secondary N) is 1. The number of aliphatic hydroxyl groups is 1. The SMILES string of the molecule is CCCNc1cn(-c2cccc(C#C[C@]3(O)CCN(C)C3=O)c2)nc1C(=O)OCC. The van der Waals surface area contributed by atoms with Crippen LogP contribution in [-0.2, 0) is 9.53 Å². The summed E-state index contributed by atoms with van der Waals surface area (Å²) in [4.78, 5) is 25.8. The summed E-state index contributed by atoms with van der Waals surface area (Å²) in [7, 11) is 1.64. The highest BCUT2D eigenvalue weighted by molar-refractivity contribution is 5.93. The average molecular weight is 410 g/mol. The third kappa shape index (κ3) is 4.47. The molecule has 1 saturated heterocycles. The minimum absolute atomic E-state index is 0.218. The van der Waals surface area contributed by atoms with Gasteiger partial charge < -0.3 is 20.1 Å². The number of likely N-dealkylation sites (tertiary alicyclic amines) is 1. The summed E-state index contributed by atoms with van der Waals surface area (Å²) in [5, 5.41) is 18.1. The van der Waals surface area contributed by atoms with E-state index in [1.165, 1.54) is 4.90 Å². The maximum atomic E-state index is 12.3. The lowest BCUT2D eigenvalue weighted by Gasteiger charge is -2.13. The van der Waals surface area contributed by atoms with E-state index in [9.17, 15) is 14.7 Å². The van der Waals surface area contributed by atoms with Crippen LogP contribution in [0.1, 0.15) is 42.7 Å². The fourth-order valence-corrected chi connectivity index (χ4v) is 3.12. The molecule has 1 aromatic carbocycles. The highest BCUT2D eigenvalue weighted by Gasteiger charge is 2.42. The van der Waals surface area contributed by atoms with Crippen LogP contribution in [0.2, 0.25) is 0 Å². The Morgan fingerprint density at radius 3 is 2.87 bits per heavy atom. The number of likely N-dealkylation sites (N-methyl/N-ethyl adjacent to an activating group) is 1. The number of anilines is 1. The normalized spacial score (nSPS) is 18.1. The largest absolute Gasteiger partial charge is 0.461 e. The lowest BCUT2D eigenvalue weighted by Crippen LogP contribution is -2.37. The van der Waals surface area contributed by atoms with Crippen LogP contribution in [0.5, 0.6) is 0 Å². The molecule has 158 valence electrons. The third-order valence-corrected chi connectivity index (χ3v) is 4.78. The van der Waals surface area contributed by atoms with Crippen LogP contribution in [0.25, 0.3) is 5.69 Å². The monoisotopic (exact) mass is 410 g/mol. The van der Waals surface area contributed by atoms with Crippen LogP contribution in [0.3, 0.4) is 0 Å². The Bertz CT molecular complexity index is 1000. The number of rotatable bonds is 6. The van der Waals surface area contributed by atoms with Crippen molar-refractivity contribution in [3.8, 4) is 17.5 Å². The van der Waals surface area contributed by atoms with Gasteiger partial charge in [0.2, 0.25) is 5.60 Å². The molecular weight excluding hydrogens is 384 g/mol. The molecular formula is C22H26N4O4. The molecule has 0 radical (unpaired) electrons. The molecule has 0 unspecified atom stereocenters. The number of nitrogens with zero attached hydrogens (tertiary/aromatic N) is 3. The number of aromatic nitrogens is 2. The highest BCUT2D eigenvalue weighted by Crippen LogP contribution is 2.22. The van der Waals surface area contributed by atoms with Crippen molar-refractivity contribution in [1.82, 2.24) is 14.7 Å². The fraction of sp³-hybridized carbons (Fsp3) is 0.409. The van der Waals surface area contributed by atoms with Crippen molar-refractivity contribution in [2.75, 3.05) is 32.1 Å². The number of amides is 1. The molecule has 1 fully saturated rings. The maximum absolute atomic E-state index is 12.3. The van der Waals surface area contributed by atoms with Gasteiger partial charge in [-0.3, -0.25) is 4.79 Å². The molecule has 2 aromatic rings. The van der Waals surface area contributed by atoms with Gasteiger partial charge >= 0.3 is 5.97 Å². The molecule has 8 nitrogen and oxygen atoms in total. The van der Waals surface area contributed by atoms with Crippen LogP contribution in [0, 0.1) is 11.8 Å². The van der Waals surface area contributed by atoms with Gasteiger partial charge in [-0.2, -0.15) is 5.10 Å². The first kappa shape index (κ1) is 21.4. The fourth-order valence-electron chi connectivity index (χ4n) is 3.12. The number of benzene rings is 1. The molecule has 1 aliphatic heterocycles. The molecule has 1 atom stereocenters. The molecule has 8 heteroatoms. The molecule has 1 aromatic heterocycles. The van der Waals surface area contributed by atoms with E-state index in [0.717, 1.165) is 6.42 Å². The van der Waals surface area contributed by atoms with E-state index in [4.69, 9.17) is 4.74 Å². The van der Waals surface area contributed by atoms with Crippen molar-refractivity contribution in [3.63, 3.8) is 0 Å². The van der Waals surface area contributed by atoms with Crippen LogP contribution in [0.15, 0.2) is 30.5 Å². The van der Waals surface area contributed by atoms with Crippen molar-refractivity contribution in [2.24, 2.45) is 0 Å². The zero-order chi connectivity index (χ0) is 21.7. The van der Waals surface area contributed by atoms with Gasteiger partial charge in [-0.1, -0.05) is 24.8 Å². The van der Waals surface area contributed by atoms with Gasteiger partial charge in [0.15, 0.2) is 5.69 Å². The number of hydrogen-bond donors (Lipinski definition) is 2. The topological polar surface area (TPSA) is 96.7 Å². The smallest absolute Gasteiger partial charge is 0.361 e. The molecule has 0 bridgehead atoms. The van der Waals surface area contributed by atoms with Crippen LogP contribution in [0.4, 0.5) is 5.69 Å². The van der Waals surface area contributed by atoms with Gasteiger partial charge in [-0.05, 0) is 31.5 Å². The van der Waals surface area contributed by atoms with Crippen molar-refractivity contribution in [2.45, 2.75) is 32.3 Å². The second kappa shape index (κ2) is 9.01. The second-order valence-electron chi connectivity index (χ2n) is 7.12. The van der Waals surface area contributed by atoms with Gasteiger partial charge in [0.05, 0.1) is 24.2 Å². The van der Waals surface area contributed by atoms with Gasteiger partial charge in [0, 0.05) is 32.1 Å². The lowest BCUT2D eigenvalue weighted by atomic mass is 10.0. The quantitative estimate of drug-likeness (QED) is 0.557. The molecule has 1 aliphatic rings. The summed E-state index contributed by atoms with van der Waals surface area (Å²) in [5.74, 6) is 4.73. The number of ether oxygens (including phenoxy) is 1. The Hall–Kier alpha value is -3.31. The van der Waals surface area contributed by atoms with Crippen molar-refractivity contribution in [3.05, 3.63) is 41.7 Å². The molecule has 3 rings (SSSR count). The van der Waals surface area contributed by atoms with Gasteiger partial charge in [-0.25, -0.2) is 9.48 Å². The van der Waals surface area contributed by atoms with E-state index >= 15 is 0 Å². The Morgan fingerprint density at radius 2 is 2.20 bits per heavy atom. The predicted octanol–water partition coefficient (Wildman–Crippen LogP) is 1.82. The molecule has 0 spiro atoms. The first-order valence-electron chi connectivity index (χ1n) is 10.00. The van der Waals surface area contributed by atoms with E-state index in [0.29, 0.717) is 30.0 Å². The number of carbonyl (C=O) groups is 2. The molecule has 30 heavy (non-hydrogen) atoms. The first-order chi connectivity index (χ1) is 14.4. The average Bonchev–Trinajstić information content (AvgIpc) is 3.29. The van der Waals surface area contributed by atoms with E-state index in [-0.39, 0.29) is 24.6 Å². The van der Waals surface area contributed by atoms with Crippen LogP contribution < -0.4 is 5.32 Å². The van der Waals surface area contributed by atoms with E-state index in [1.807, 2.05) is 13.0 Å². The summed E-state index contributed by atoms with van der Waals surface area (Å²) in [6.07, 6.45) is 2.91. The summed E-state index contributed by atoms with van der Waals surface area (Å²) in [6.45, 7) is 5.22. The van der Waals surface area contributed by atoms with Gasteiger partial charge in [0.25, 0.3) is 5.91 Å². The minimum atomic E-state index is -1.65. The maximum Gasteiger partial charge on any atom is 0.361 e. The zero-order valence-electron chi connectivity index (χ0n) is 17.4. The lowest BCUT2D eigenvalue weighted by molar-refractivity contribution is -0.137. The minimum Gasteiger partial charge on any atom is -0.461 e. The second-order valence-corrected chi connectivity index (χ2v) is 7.12. The molecule has 1 amide bonds.